The van der Waals surface area contributed by atoms with E-state index in [1.54, 1.807) is 0 Å². The van der Waals surface area contributed by atoms with Crippen LogP contribution < -0.4 is 0 Å². The van der Waals surface area contributed by atoms with Gasteiger partial charge in [-0.2, -0.15) is 0 Å². The van der Waals surface area contributed by atoms with Gasteiger partial charge in [-0.05, 0) is 41.5 Å². The Hall–Kier alpha value is -0.430. The molecule has 1 N–H and O–H groups in total. The monoisotopic (exact) mass is 269 g/mol. The van der Waals surface area contributed by atoms with Crippen molar-refractivity contribution in [2.24, 2.45) is 0 Å². The third kappa shape index (κ3) is 2.45. The quantitative estimate of drug-likeness (QED) is 0.530. The summed E-state index contributed by atoms with van der Waals surface area (Å²) < 4.78 is 43.6. The van der Waals surface area contributed by atoms with Crippen molar-refractivity contribution >= 4 is 24.1 Å². The van der Waals surface area contributed by atoms with E-state index in [-0.39, 0.29) is 0 Å². The number of sulfone groups is 2. The summed E-state index contributed by atoms with van der Waals surface area (Å²) in [5.74, 6) is 0. The van der Waals surface area contributed by atoms with Crippen LogP contribution in [0.1, 0.15) is 41.5 Å². The van der Waals surface area contributed by atoms with E-state index >= 15 is 0 Å². The Labute approximate surface area is 97.6 Å². The Kier molecular flexibility index (Phi) is 3.70. The van der Waals surface area contributed by atoms with Gasteiger partial charge in [0.25, 0.3) is 0 Å². The molecule has 0 atom stereocenters. The van der Waals surface area contributed by atoms with Crippen molar-refractivity contribution in [3.8, 4) is 0 Å². The van der Waals surface area contributed by atoms with Crippen molar-refractivity contribution in [1.82, 2.24) is 0 Å². The highest BCUT2D eigenvalue weighted by atomic mass is 32.3. The van der Waals surface area contributed by atoms with Crippen LogP contribution in [0.25, 0.3) is 0 Å². The van der Waals surface area contributed by atoms with E-state index in [0.29, 0.717) is 0 Å². The van der Waals surface area contributed by atoms with E-state index < -0.39 is 33.5 Å². The van der Waals surface area contributed by atoms with Gasteiger partial charge < -0.3 is 0 Å². The van der Waals surface area contributed by atoms with Crippen LogP contribution in [0, 0.1) is 5.41 Å². The molecule has 0 fully saturated rings. The molecule has 0 saturated heterocycles. The predicted octanol–water partition coefficient (Wildman–Crippen LogP) is 1.35. The first-order valence-corrected chi connectivity index (χ1v) is 7.70. The van der Waals surface area contributed by atoms with E-state index in [1.165, 1.54) is 41.5 Å². The van der Waals surface area contributed by atoms with Gasteiger partial charge in [0.15, 0.2) is 0 Å². The van der Waals surface area contributed by atoms with Crippen LogP contribution in [0.5, 0.6) is 0 Å². The van der Waals surface area contributed by atoms with Gasteiger partial charge in [-0.25, -0.2) is 16.8 Å². The lowest BCUT2D eigenvalue weighted by Gasteiger charge is -2.24. The van der Waals surface area contributed by atoms with Crippen molar-refractivity contribution < 1.29 is 16.8 Å². The highest BCUT2D eigenvalue weighted by Gasteiger charge is 2.45. The van der Waals surface area contributed by atoms with Crippen LogP contribution in [-0.2, 0) is 19.7 Å². The lowest BCUT2D eigenvalue weighted by atomic mass is 10.3. The molecular formula is C9H19NO4S2. The molecule has 0 amide bonds. The summed E-state index contributed by atoms with van der Waals surface area (Å²) in [4.78, 5) is 0. The first kappa shape index (κ1) is 15.6. The molecule has 7 heteroatoms. The van der Waals surface area contributed by atoms with E-state index in [9.17, 15) is 16.8 Å². The zero-order valence-electron chi connectivity index (χ0n) is 10.4. The Bertz CT molecular complexity index is 441. The molecule has 0 rings (SSSR count). The molecular weight excluding hydrogens is 250 g/mol. The minimum Gasteiger partial charge on any atom is -0.279 e. The first-order chi connectivity index (χ1) is 6.65. The van der Waals surface area contributed by atoms with Gasteiger partial charge in [0, 0.05) is 0 Å². The van der Waals surface area contributed by atoms with Crippen molar-refractivity contribution in [1.29, 1.82) is 5.41 Å². The maximum absolute atomic E-state index is 11.8. The second-order valence-corrected chi connectivity index (χ2v) is 11.1. The summed E-state index contributed by atoms with van der Waals surface area (Å²) in [5, 5.41) is 7.43. The number of nitrogens with one attached hydrogen (secondary N) is 1. The molecule has 0 aliphatic heterocycles. The summed E-state index contributed by atoms with van der Waals surface area (Å²) in [7, 11) is -8.24. The second kappa shape index (κ2) is 3.80. The van der Waals surface area contributed by atoms with Crippen LogP contribution in [0.2, 0.25) is 0 Å². The van der Waals surface area contributed by atoms with E-state index in [2.05, 4.69) is 0 Å². The molecule has 16 heavy (non-hydrogen) atoms. The van der Waals surface area contributed by atoms with Crippen molar-refractivity contribution in [3.63, 3.8) is 0 Å². The summed E-state index contributed by atoms with van der Waals surface area (Å²) in [5.41, 5.74) is 0. The predicted molar refractivity (Wildman–Crippen MR) is 65.1 cm³/mol. The maximum atomic E-state index is 11.8. The topological polar surface area (TPSA) is 92.1 Å². The third-order valence-corrected chi connectivity index (χ3v) is 7.62. The molecule has 0 heterocycles. The van der Waals surface area contributed by atoms with Gasteiger partial charge in [0.2, 0.25) is 24.1 Å². The minimum atomic E-state index is -4.12. The molecule has 96 valence electrons. The molecule has 0 spiro atoms. The minimum absolute atomic E-state index is 1.19. The molecule has 0 aliphatic rings. The van der Waals surface area contributed by atoms with Crippen molar-refractivity contribution in [2.75, 3.05) is 0 Å². The fraction of sp³-hybridized carbons (Fsp3) is 0.889. The summed E-state index contributed by atoms with van der Waals surface area (Å²) in [6.45, 7) is 8.22. The molecule has 0 radical (unpaired) electrons. The zero-order valence-corrected chi connectivity index (χ0v) is 12.1. The van der Waals surface area contributed by atoms with Gasteiger partial charge in [-0.15, -0.1) is 0 Å². The maximum Gasteiger partial charge on any atom is 0.241 e. The Morgan fingerprint density at radius 1 is 0.750 bits per heavy atom. The molecule has 5 nitrogen and oxygen atoms in total. The average molecular weight is 269 g/mol. The number of hydrogen-bond acceptors (Lipinski definition) is 5. The van der Waals surface area contributed by atoms with E-state index in [4.69, 9.17) is 5.41 Å². The standard InChI is InChI=1S/C9H19NO4S2/c1-8(2,3)15(11,12)7(10)16(13,14)9(4,5)6/h10H,1-6H3. The average Bonchev–Trinajstić information content (AvgIpc) is 1.98. The molecule has 0 bridgehead atoms. The Morgan fingerprint density at radius 3 is 1.06 bits per heavy atom. The molecule has 0 aliphatic carbocycles. The first-order valence-electron chi connectivity index (χ1n) is 4.73. The van der Waals surface area contributed by atoms with Crippen molar-refractivity contribution in [3.05, 3.63) is 0 Å². The van der Waals surface area contributed by atoms with Crippen LogP contribution in [0.15, 0.2) is 0 Å². The number of rotatable bonds is 0. The normalized spacial score (nSPS) is 14.9. The molecule has 0 aromatic rings. The SMILES string of the molecule is CC(C)(C)S(=O)(=O)C(=N)S(=O)(=O)C(C)(C)C. The molecule has 0 aromatic heterocycles. The summed E-state index contributed by atoms with van der Waals surface area (Å²) in [6, 6.07) is 0. The van der Waals surface area contributed by atoms with Crippen molar-refractivity contribution in [2.45, 2.75) is 51.0 Å². The van der Waals surface area contributed by atoms with Gasteiger partial charge >= 0.3 is 0 Å². The molecule has 0 unspecified atom stereocenters. The third-order valence-electron chi connectivity index (χ3n) is 2.10. The Morgan fingerprint density at radius 2 is 0.938 bits per heavy atom. The highest BCUT2D eigenvalue weighted by Crippen LogP contribution is 2.25. The zero-order chi connectivity index (χ0) is 13.6. The molecule has 0 aromatic carbocycles. The fourth-order valence-electron chi connectivity index (χ4n) is 0.701. The van der Waals surface area contributed by atoms with E-state index in [0.717, 1.165) is 0 Å². The number of hydrogen-bond donors (Lipinski definition) is 1. The van der Waals surface area contributed by atoms with Gasteiger partial charge in [0.1, 0.15) is 0 Å². The van der Waals surface area contributed by atoms with Crippen LogP contribution in [0.4, 0.5) is 0 Å². The van der Waals surface area contributed by atoms with Gasteiger partial charge in [-0.1, -0.05) is 0 Å². The largest absolute Gasteiger partial charge is 0.279 e. The summed E-state index contributed by atoms with van der Waals surface area (Å²) in [6.07, 6.45) is 0. The lowest BCUT2D eigenvalue weighted by molar-refractivity contribution is 0.566. The highest BCUT2D eigenvalue weighted by molar-refractivity contribution is 8.32. The molecule has 0 saturated carbocycles. The van der Waals surface area contributed by atoms with Crippen LogP contribution in [0.3, 0.4) is 0 Å². The lowest BCUT2D eigenvalue weighted by Crippen LogP contribution is -2.43. The van der Waals surface area contributed by atoms with Crippen LogP contribution >= 0.6 is 0 Å². The van der Waals surface area contributed by atoms with E-state index in [1.807, 2.05) is 0 Å². The van der Waals surface area contributed by atoms with Gasteiger partial charge in [0.05, 0.1) is 9.49 Å². The Balaban J connectivity index is 5.81. The van der Waals surface area contributed by atoms with Gasteiger partial charge in [-0.3, -0.25) is 5.41 Å². The second-order valence-electron chi connectivity index (χ2n) is 5.52. The fourth-order valence-corrected chi connectivity index (χ4v) is 4.47. The smallest absolute Gasteiger partial charge is 0.241 e. The summed E-state index contributed by atoms with van der Waals surface area (Å²) >= 11 is 0. The van der Waals surface area contributed by atoms with Crippen LogP contribution in [-0.4, -0.2) is 30.7 Å².